The van der Waals surface area contributed by atoms with E-state index >= 15 is 0 Å². The van der Waals surface area contributed by atoms with Crippen LogP contribution in [0, 0.1) is 6.92 Å². The van der Waals surface area contributed by atoms with Crippen LogP contribution in [0.5, 0.6) is 0 Å². The maximum Gasteiger partial charge on any atom is 0.252 e. The molecule has 0 aliphatic heterocycles. The van der Waals surface area contributed by atoms with E-state index < -0.39 is 9.84 Å². The van der Waals surface area contributed by atoms with Gasteiger partial charge in [0.1, 0.15) is 0 Å². The van der Waals surface area contributed by atoms with Crippen LogP contribution >= 0.6 is 11.6 Å². The average Bonchev–Trinajstić information content (AvgIpc) is 2.46. The first kappa shape index (κ1) is 17.5. The second kappa shape index (κ2) is 6.72. The van der Waals surface area contributed by atoms with Crippen molar-refractivity contribution in [3.05, 3.63) is 64.2 Å². The van der Waals surface area contributed by atoms with E-state index in [4.69, 9.17) is 11.6 Å². The summed E-state index contributed by atoms with van der Waals surface area (Å²) in [6.07, 6.45) is 1.12. The number of amides is 1. The lowest BCUT2D eigenvalue weighted by Crippen LogP contribution is -2.27. The highest BCUT2D eigenvalue weighted by Gasteiger charge is 2.16. The lowest BCUT2D eigenvalue weighted by Gasteiger charge is -2.16. The summed E-state index contributed by atoms with van der Waals surface area (Å²) in [7, 11) is -3.36. The summed E-state index contributed by atoms with van der Waals surface area (Å²) in [5, 5.41) is 3.50. The van der Waals surface area contributed by atoms with E-state index in [2.05, 4.69) is 5.32 Å². The normalized spacial score (nSPS) is 12.7. The van der Waals surface area contributed by atoms with Gasteiger partial charge in [-0.25, -0.2) is 8.42 Å². The predicted molar refractivity (Wildman–Crippen MR) is 91.6 cm³/mol. The van der Waals surface area contributed by atoms with Crippen molar-refractivity contribution < 1.29 is 13.2 Å². The number of carbonyl (C=O) groups excluding carboxylic acids is 1. The van der Waals surface area contributed by atoms with Gasteiger partial charge in [-0.3, -0.25) is 4.79 Å². The summed E-state index contributed by atoms with van der Waals surface area (Å²) in [6, 6.07) is 11.5. The van der Waals surface area contributed by atoms with Gasteiger partial charge >= 0.3 is 0 Å². The fourth-order valence-electron chi connectivity index (χ4n) is 2.19. The molecule has 0 spiro atoms. The number of carbonyl (C=O) groups is 1. The quantitative estimate of drug-likeness (QED) is 0.916. The molecule has 1 unspecified atom stereocenters. The van der Waals surface area contributed by atoms with E-state index in [1.54, 1.807) is 25.1 Å². The molecule has 0 saturated heterocycles. The van der Waals surface area contributed by atoms with Crippen LogP contribution in [0.15, 0.2) is 47.4 Å². The van der Waals surface area contributed by atoms with Crippen LogP contribution in [-0.2, 0) is 9.84 Å². The zero-order valence-electron chi connectivity index (χ0n) is 13.1. The molecule has 1 atom stereocenters. The van der Waals surface area contributed by atoms with Gasteiger partial charge in [0.15, 0.2) is 9.84 Å². The molecule has 0 radical (unpaired) electrons. The molecule has 1 amide bonds. The fraction of sp³-hybridized carbons (Fsp3) is 0.235. The Morgan fingerprint density at radius 1 is 1.13 bits per heavy atom. The molecule has 0 saturated carbocycles. The Kier molecular flexibility index (Phi) is 5.12. The monoisotopic (exact) mass is 351 g/mol. The van der Waals surface area contributed by atoms with E-state index in [-0.39, 0.29) is 16.8 Å². The molecule has 4 nitrogen and oxygen atoms in total. The fourth-order valence-corrected chi connectivity index (χ4v) is 2.96. The van der Waals surface area contributed by atoms with Crippen molar-refractivity contribution in [3.8, 4) is 0 Å². The highest BCUT2D eigenvalue weighted by molar-refractivity contribution is 7.90. The molecular weight excluding hydrogens is 334 g/mol. The predicted octanol–water partition coefficient (Wildman–Crippen LogP) is 3.54. The third-order valence-corrected chi connectivity index (χ3v) is 4.96. The van der Waals surface area contributed by atoms with Crippen LogP contribution in [0.1, 0.15) is 34.5 Å². The standard InChI is InChI=1S/C17H18ClNO3S/c1-11-4-9-15(23(3,21)22)10-16(11)17(20)19-12(2)13-5-7-14(18)8-6-13/h4-10,12H,1-3H3,(H,19,20). The van der Waals surface area contributed by atoms with Gasteiger partial charge in [-0.05, 0) is 49.2 Å². The summed E-state index contributed by atoms with van der Waals surface area (Å²) < 4.78 is 23.3. The zero-order valence-corrected chi connectivity index (χ0v) is 14.7. The molecule has 0 aromatic heterocycles. The van der Waals surface area contributed by atoms with Crippen LogP contribution in [0.25, 0.3) is 0 Å². The number of benzene rings is 2. The smallest absolute Gasteiger partial charge is 0.252 e. The molecular formula is C17H18ClNO3S. The first-order valence-corrected chi connectivity index (χ1v) is 9.32. The minimum atomic E-state index is -3.36. The van der Waals surface area contributed by atoms with E-state index in [0.717, 1.165) is 17.4 Å². The van der Waals surface area contributed by atoms with Gasteiger partial charge in [-0.1, -0.05) is 29.8 Å². The first-order valence-electron chi connectivity index (χ1n) is 7.05. The molecule has 1 N–H and O–H groups in total. The molecule has 0 fully saturated rings. The molecule has 2 aromatic carbocycles. The first-order chi connectivity index (χ1) is 10.7. The Labute approximate surface area is 141 Å². The summed E-state index contributed by atoms with van der Waals surface area (Å²) >= 11 is 5.85. The van der Waals surface area contributed by atoms with Crippen LogP contribution in [0.2, 0.25) is 5.02 Å². The van der Waals surface area contributed by atoms with Gasteiger partial charge in [0.05, 0.1) is 10.9 Å². The Bertz CT molecular complexity index is 829. The second-order valence-electron chi connectivity index (χ2n) is 5.50. The molecule has 6 heteroatoms. The molecule has 2 aromatic rings. The number of hydrogen-bond donors (Lipinski definition) is 1. The SMILES string of the molecule is Cc1ccc(S(C)(=O)=O)cc1C(=O)NC(C)c1ccc(Cl)cc1. The largest absolute Gasteiger partial charge is 0.346 e. The third kappa shape index (κ3) is 4.33. The van der Waals surface area contributed by atoms with Crippen molar-refractivity contribution >= 4 is 27.3 Å². The highest BCUT2D eigenvalue weighted by Crippen LogP contribution is 2.19. The van der Waals surface area contributed by atoms with E-state index in [0.29, 0.717) is 10.6 Å². The lowest BCUT2D eigenvalue weighted by molar-refractivity contribution is 0.0939. The Hall–Kier alpha value is -1.85. The van der Waals surface area contributed by atoms with E-state index in [1.807, 2.05) is 19.1 Å². The molecule has 0 aliphatic rings. The number of sulfone groups is 1. The van der Waals surface area contributed by atoms with Crippen molar-refractivity contribution in [2.75, 3.05) is 6.26 Å². The second-order valence-corrected chi connectivity index (χ2v) is 7.95. The van der Waals surface area contributed by atoms with Gasteiger partial charge in [-0.15, -0.1) is 0 Å². The number of aryl methyl sites for hydroxylation is 1. The van der Waals surface area contributed by atoms with Gasteiger partial charge < -0.3 is 5.32 Å². The highest BCUT2D eigenvalue weighted by atomic mass is 35.5. The molecule has 2 rings (SSSR count). The maximum absolute atomic E-state index is 12.5. The minimum Gasteiger partial charge on any atom is -0.346 e. The van der Waals surface area contributed by atoms with Crippen molar-refractivity contribution in [1.82, 2.24) is 5.32 Å². The van der Waals surface area contributed by atoms with Crippen molar-refractivity contribution in [2.45, 2.75) is 24.8 Å². The molecule has 0 aliphatic carbocycles. The minimum absolute atomic E-state index is 0.132. The number of hydrogen-bond acceptors (Lipinski definition) is 3. The van der Waals surface area contributed by atoms with Gasteiger partial charge in [-0.2, -0.15) is 0 Å². The molecule has 122 valence electrons. The average molecular weight is 352 g/mol. The summed E-state index contributed by atoms with van der Waals surface area (Å²) in [5.74, 6) is -0.310. The molecule has 0 bridgehead atoms. The third-order valence-electron chi connectivity index (χ3n) is 3.60. The topological polar surface area (TPSA) is 63.2 Å². The van der Waals surface area contributed by atoms with Gasteiger partial charge in [0, 0.05) is 16.8 Å². The Morgan fingerprint density at radius 3 is 2.30 bits per heavy atom. The van der Waals surface area contributed by atoms with Gasteiger partial charge in [0.25, 0.3) is 5.91 Å². The van der Waals surface area contributed by atoms with Crippen molar-refractivity contribution in [3.63, 3.8) is 0 Å². The summed E-state index contributed by atoms with van der Waals surface area (Å²) in [4.78, 5) is 12.6. The summed E-state index contributed by atoms with van der Waals surface area (Å²) in [5.41, 5.74) is 1.99. The van der Waals surface area contributed by atoms with Crippen LogP contribution in [0.3, 0.4) is 0 Å². The van der Waals surface area contributed by atoms with Crippen molar-refractivity contribution in [1.29, 1.82) is 0 Å². The van der Waals surface area contributed by atoms with E-state index in [1.165, 1.54) is 12.1 Å². The van der Waals surface area contributed by atoms with Crippen molar-refractivity contribution in [2.24, 2.45) is 0 Å². The number of nitrogens with one attached hydrogen (secondary N) is 1. The Morgan fingerprint density at radius 2 is 1.74 bits per heavy atom. The molecule has 23 heavy (non-hydrogen) atoms. The van der Waals surface area contributed by atoms with Crippen LogP contribution < -0.4 is 5.32 Å². The lowest BCUT2D eigenvalue weighted by atomic mass is 10.1. The maximum atomic E-state index is 12.5. The van der Waals surface area contributed by atoms with Crippen LogP contribution in [0.4, 0.5) is 0 Å². The van der Waals surface area contributed by atoms with E-state index in [9.17, 15) is 13.2 Å². The summed E-state index contributed by atoms with van der Waals surface area (Å²) in [6.45, 7) is 3.63. The zero-order chi connectivity index (χ0) is 17.2. The van der Waals surface area contributed by atoms with Gasteiger partial charge in [0.2, 0.25) is 0 Å². The Balaban J connectivity index is 2.25. The van der Waals surface area contributed by atoms with Crippen LogP contribution in [-0.4, -0.2) is 20.6 Å². The molecule has 0 heterocycles. The number of halogens is 1. The number of rotatable bonds is 4.